The van der Waals surface area contributed by atoms with Crippen molar-refractivity contribution < 1.29 is 9.53 Å². The Kier molecular flexibility index (Phi) is 5.98. The second kappa shape index (κ2) is 8.00. The number of benzene rings is 1. The molecule has 0 unspecified atom stereocenters. The van der Waals surface area contributed by atoms with E-state index in [9.17, 15) is 4.79 Å². The highest BCUT2D eigenvalue weighted by Crippen LogP contribution is 2.32. The second-order valence-electron chi connectivity index (χ2n) is 6.02. The van der Waals surface area contributed by atoms with Crippen LogP contribution in [0.25, 0.3) is 10.2 Å². The first kappa shape index (κ1) is 17.9. The van der Waals surface area contributed by atoms with E-state index in [2.05, 4.69) is 4.99 Å². The lowest BCUT2D eigenvalue weighted by Crippen LogP contribution is -2.23. The van der Waals surface area contributed by atoms with Crippen molar-refractivity contribution >= 4 is 50.7 Å². The number of aromatic nitrogens is 1. The number of nitrogens with zero attached hydrogens (tertiary/aromatic N) is 2. The molecular formula is C17H20Cl2N2O2S. The van der Waals surface area contributed by atoms with Gasteiger partial charge in [0.05, 0.1) is 26.9 Å². The van der Waals surface area contributed by atoms with Gasteiger partial charge in [-0.25, -0.2) is 0 Å². The molecule has 130 valence electrons. The Morgan fingerprint density at radius 1 is 1.33 bits per heavy atom. The third kappa shape index (κ3) is 3.69. The average Bonchev–Trinajstić information content (AvgIpc) is 2.95. The van der Waals surface area contributed by atoms with Crippen LogP contribution < -0.4 is 4.80 Å². The molecule has 1 aromatic heterocycles. The lowest BCUT2D eigenvalue weighted by atomic mass is 9.89. The molecule has 3 rings (SSSR count). The smallest absolute Gasteiger partial charge is 0.251 e. The van der Waals surface area contributed by atoms with Gasteiger partial charge >= 0.3 is 0 Å². The van der Waals surface area contributed by atoms with Crippen LogP contribution in [0.15, 0.2) is 17.1 Å². The van der Waals surface area contributed by atoms with Crippen LogP contribution in [0.4, 0.5) is 0 Å². The van der Waals surface area contributed by atoms with Crippen LogP contribution in [0.5, 0.6) is 0 Å². The maximum atomic E-state index is 12.6. The monoisotopic (exact) mass is 386 g/mol. The number of carbonyl (C=O) groups is 1. The van der Waals surface area contributed by atoms with Crippen LogP contribution in [0.1, 0.15) is 32.1 Å². The first-order valence-electron chi connectivity index (χ1n) is 8.16. The van der Waals surface area contributed by atoms with Gasteiger partial charge < -0.3 is 9.30 Å². The number of halogens is 2. The van der Waals surface area contributed by atoms with E-state index in [-0.39, 0.29) is 11.8 Å². The van der Waals surface area contributed by atoms with E-state index in [4.69, 9.17) is 27.9 Å². The fourth-order valence-corrected chi connectivity index (χ4v) is 4.66. The lowest BCUT2D eigenvalue weighted by molar-refractivity contribution is -0.122. The minimum Gasteiger partial charge on any atom is -0.383 e. The first-order valence-corrected chi connectivity index (χ1v) is 9.74. The van der Waals surface area contributed by atoms with Crippen molar-refractivity contribution in [2.75, 3.05) is 13.7 Å². The maximum Gasteiger partial charge on any atom is 0.251 e. The van der Waals surface area contributed by atoms with Gasteiger partial charge in [0.2, 0.25) is 0 Å². The lowest BCUT2D eigenvalue weighted by Gasteiger charge is -2.17. The Morgan fingerprint density at radius 2 is 2.08 bits per heavy atom. The van der Waals surface area contributed by atoms with Crippen molar-refractivity contribution in [2.45, 2.75) is 38.6 Å². The van der Waals surface area contributed by atoms with Gasteiger partial charge in [0, 0.05) is 19.6 Å². The largest absolute Gasteiger partial charge is 0.383 e. The molecule has 24 heavy (non-hydrogen) atoms. The summed E-state index contributed by atoms with van der Waals surface area (Å²) in [6.45, 7) is 1.09. The summed E-state index contributed by atoms with van der Waals surface area (Å²) in [7, 11) is 1.65. The molecular weight excluding hydrogens is 367 g/mol. The molecule has 2 aromatic rings. The quantitative estimate of drug-likeness (QED) is 0.766. The van der Waals surface area contributed by atoms with E-state index in [1.54, 1.807) is 13.2 Å². The van der Waals surface area contributed by atoms with Gasteiger partial charge in [-0.2, -0.15) is 4.99 Å². The summed E-state index contributed by atoms with van der Waals surface area (Å²) >= 11 is 14.0. The number of hydrogen-bond acceptors (Lipinski definition) is 3. The zero-order valence-corrected chi connectivity index (χ0v) is 15.9. The molecule has 1 fully saturated rings. The number of amides is 1. The van der Waals surface area contributed by atoms with Gasteiger partial charge in [-0.05, 0) is 25.0 Å². The molecule has 4 nitrogen and oxygen atoms in total. The Morgan fingerprint density at radius 3 is 2.79 bits per heavy atom. The van der Waals surface area contributed by atoms with Gasteiger partial charge in [0.1, 0.15) is 0 Å². The topological polar surface area (TPSA) is 43.6 Å². The molecule has 0 N–H and O–H groups in total. The molecule has 1 aliphatic rings. The maximum absolute atomic E-state index is 12.6. The molecule has 1 heterocycles. The number of fused-ring (bicyclic) bond motifs is 1. The Bertz CT molecular complexity index is 807. The van der Waals surface area contributed by atoms with E-state index < -0.39 is 0 Å². The summed E-state index contributed by atoms with van der Waals surface area (Å²) in [5.41, 5.74) is 0.821. The third-order valence-electron chi connectivity index (χ3n) is 4.41. The van der Waals surface area contributed by atoms with Gasteiger partial charge in [0.25, 0.3) is 5.91 Å². The molecule has 0 atom stereocenters. The number of rotatable bonds is 4. The van der Waals surface area contributed by atoms with Crippen molar-refractivity contribution in [3.63, 3.8) is 0 Å². The van der Waals surface area contributed by atoms with Crippen LogP contribution >= 0.6 is 34.5 Å². The second-order valence-corrected chi connectivity index (χ2v) is 7.82. The highest BCUT2D eigenvalue weighted by atomic mass is 35.5. The van der Waals surface area contributed by atoms with Crippen molar-refractivity contribution in [1.29, 1.82) is 0 Å². The standard InChI is InChI=1S/C17H20Cl2N2O2S/c1-23-10-9-21-15-13(8-7-12(18)14(15)19)24-17(21)20-16(22)11-5-3-2-4-6-11/h7-8,11H,2-6,9-10H2,1H3. The normalized spacial score (nSPS) is 16.9. The minimum atomic E-state index is -0.0188. The summed E-state index contributed by atoms with van der Waals surface area (Å²) in [4.78, 5) is 17.7. The summed E-state index contributed by atoms with van der Waals surface area (Å²) in [6, 6.07) is 3.69. The van der Waals surface area contributed by atoms with Gasteiger partial charge in [-0.15, -0.1) is 0 Å². The molecule has 0 radical (unpaired) electrons. The van der Waals surface area contributed by atoms with Gasteiger partial charge in [0.15, 0.2) is 4.80 Å². The number of methoxy groups -OCH3 is 1. The van der Waals surface area contributed by atoms with E-state index >= 15 is 0 Å². The van der Waals surface area contributed by atoms with Crippen molar-refractivity contribution in [3.8, 4) is 0 Å². The highest BCUT2D eigenvalue weighted by Gasteiger charge is 2.21. The predicted molar refractivity (Wildman–Crippen MR) is 98.9 cm³/mol. The van der Waals surface area contributed by atoms with Crippen LogP contribution in [0.3, 0.4) is 0 Å². The van der Waals surface area contributed by atoms with E-state index in [1.807, 2.05) is 10.6 Å². The summed E-state index contributed by atoms with van der Waals surface area (Å²) in [5, 5.41) is 0.992. The third-order valence-corrected chi connectivity index (χ3v) is 6.25. The molecule has 1 amide bonds. The van der Waals surface area contributed by atoms with Crippen molar-refractivity contribution in [2.24, 2.45) is 10.9 Å². The molecule has 0 saturated heterocycles. The number of thiazole rings is 1. The highest BCUT2D eigenvalue weighted by molar-refractivity contribution is 7.16. The molecule has 1 saturated carbocycles. The fourth-order valence-electron chi connectivity index (χ4n) is 3.11. The van der Waals surface area contributed by atoms with Crippen molar-refractivity contribution in [1.82, 2.24) is 4.57 Å². The van der Waals surface area contributed by atoms with E-state index in [1.165, 1.54) is 17.8 Å². The zero-order valence-electron chi connectivity index (χ0n) is 13.6. The SMILES string of the molecule is COCCn1c(=NC(=O)C2CCCCC2)sc2ccc(Cl)c(Cl)c21. The Labute approximate surface area is 155 Å². The Hall–Kier alpha value is -0.880. The molecule has 1 aromatic carbocycles. The fraction of sp³-hybridized carbons (Fsp3) is 0.529. The van der Waals surface area contributed by atoms with Crippen LogP contribution in [-0.4, -0.2) is 24.2 Å². The van der Waals surface area contributed by atoms with Gasteiger partial charge in [-0.3, -0.25) is 4.79 Å². The molecule has 7 heteroatoms. The minimum absolute atomic E-state index is 0.0188. The number of hydrogen-bond donors (Lipinski definition) is 0. The van der Waals surface area contributed by atoms with E-state index in [0.29, 0.717) is 28.0 Å². The van der Waals surface area contributed by atoms with Crippen molar-refractivity contribution in [3.05, 3.63) is 27.0 Å². The van der Waals surface area contributed by atoms with Crippen LogP contribution in [0, 0.1) is 5.92 Å². The van der Waals surface area contributed by atoms with Gasteiger partial charge in [-0.1, -0.05) is 53.8 Å². The Balaban J connectivity index is 2.07. The summed E-state index contributed by atoms with van der Waals surface area (Å²) in [5.74, 6) is 0.0357. The van der Waals surface area contributed by atoms with Crippen LogP contribution in [0.2, 0.25) is 10.0 Å². The first-order chi connectivity index (χ1) is 11.6. The summed E-state index contributed by atoms with van der Waals surface area (Å²) < 4.78 is 8.10. The van der Waals surface area contributed by atoms with E-state index in [0.717, 1.165) is 35.9 Å². The predicted octanol–water partition coefficient (Wildman–Crippen LogP) is 4.66. The zero-order chi connectivity index (χ0) is 17.1. The van der Waals surface area contributed by atoms with Crippen LogP contribution in [-0.2, 0) is 16.1 Å². The number of carbonyl (C=O) groups excluding carboxylic acids is 1. The molecule has 0 aliphatic heterocycles. The molecule has 1 aliphatic carbocycles. The average molecular weight is 387 g/mol. The molecule has 0 spiro atoms. The molecule has 0 bridgehead atoms. The summed E-state index contributed by atoms with van der Waals surface area (Å²) in [6.07, 6.45) is 5.33. The number of ether oxygens (including phenoxy) is 1.